The number of aliphatic carboxylic acids is 1. The fraction of sp³-hybridized carbons (Fsp3) is 0.750. The van der Waals surface area contributed by atoms with Gasteiger partial charge in [0.2, 0.25) is 5.91 Å². The minimum atomic E-state index is -0.851. The van der Waals surface area contributed by atoms with Crippen LogP contribution in [0.15, 0.2) is 0 Å². The summed E-state index contributed by atoms with van der Waals surface area (Å²) in [5, 5.41) is 14.4. The highest BCUT2D eigenvalue weighted by molar-refractivity contribution is 5.81. The van der Waals surface area contributed by atoms with E-state index < -0.39 is 11.4 Å². The molecule has 0 radical (unpaired) electrons. The molecule has 2 aliphatic rings. The topological polar surface area (TPSA) is 98.7 Å². The van der Waals surface area contributed by atoms with E-state index in [1.165, 1.54) is 0 Å². The van der Waals surface area contributed by atoms with E-state index in [2.05, 4.69) is 10.6 Å². The van der Waals surface area contributed by atoms with Crippen LogP contribution in [0.1, 0.15) is 25.7 Å². The quantitative estimate of drug-likeness (QED) is 0.656. The van der Waals surface area contributed by atoms with Gasteiger partial charge in [0.15, 0.2) is 0 Å². The predicted octanol–water partition coefficient (Wildman–Crippen LogP) is -0.229. The van der Waals surface area contributed by atoms with Crippen LogP contribution in [0, 0.1) is 5.41 Å². The van der Waals surface area contributed by atoms with Crippen molar-refractivity contribution in [1.29, 1.82) is 0 Å². The SMILES string of the molecule is CN1CC(NC(=O)NCC2(C(=O)O)CC2)CCC1=O. The Morgan fingerprint density at radius 1 is 1.47 bits per heavy atom. The van der Waals surface area contributed by atoms with Crippen LogP contribution < -0.4 is 10.6 Å². The molecule has 2 fully saturated rings. The number of carboxylic acid groups (broad SMARTS) is 1. The molecule has 1 unspecified atom stereocenters. The molecule has 1 aliphatic carbocycles. The molecule has 0 aromatic carbocycles. The van der Waals surface area contributed by atoms with Crippen LogP contribution in [0.25, 0.3) is 0 Å². The highest BCUT2D eigenvalue weighted by atomic mass is 16.4. The van der Waals surface area contributed by atoms with Gasteiger partial charge in [0.05, 0.1) is 5.41 Å². The van der Waals surface area contributed by atoms with Gasteiger partial charge in [-0.2, -0.15) is 0 Å². The Labute approximate surface area is 111 Å². The number of carbonyl (C=O) groups excluding carboxylic acids is 2. The van der Waals surface area contributed by atoms with Gasteiger partial charge in [0, 0.05) is 32.6 Å². The summed E-state index contributed by atoms with van der Waals surface area (Å²) in [7, 11) is 1.71. The molecule has 1 atom stereocenters. The first-order valence-electron chi connectivity index (χ1n) is 6.45. The Bertz CT molecular complexity index is 406. The Morgan fingerprint density at radius 3 is 2.68 bits per heavy atom. The van der Waals surface area contributed by atoms with E-state index >= 15 is 0 Å². The van der Waals surface area contributed by atoms with Gasteiger partial charge in [-0.25, -0.2) is 4.79 Å². The van der Waals surface area contributed by atoms with E-state index in [4.69, 9.17) is 5.11 Å². The van der Waals surface area contributed by atoms with Gasteiger partial charge < -0.3 is 20.6 Å². The summed E-state index contributed by atoms with van der Waals surface area (Å²) in [6.45, 7) is 0.659. The van der Waals surface area contributed by atoms with Crippen LogP contribution in [-0.4, -0.2) is 54.1 Å². The number of likely N-dealkylation sites (tertiary alicyclic amines) is 1. The van der Waals surface area contributed by atoms with Gasteiger partial charge in [0.25, 0.3) is 0 Å². The average Bonchev–Trinajstić information content (AvgIpc) is 3.13. The molecule has 1 heterocycles. The Kier molecular flexibility index (Phi) is 3.64. The molecule has 2 rings (SSSR count). The summed E-state index contributed by atoms with van der Waals surface area (Å²) >= 11 is 0. The van der Waals surface area contributed by atoms with E-state index in [9.17, 15) is 14.4 Å². The number of rotatable bonds is 4. The van der Waals surface area contributed by atoms with E-state index in [-0.39, 0.29) is 24.5 Å². The summed E-state index contributed by atoms with van der Waals surface area (Å²) in [5.41, 5.74) is -0.753. The summed E-state index contributed by atoms with van der Waals surface area (Å²) in [5.74, 6) is -0.767. The molecular formula is C12H19N3O4. The zero-order chi connectivity index (χ0) is 14.0. The summed E-state index contributed by atoms with van der Waals surface area (Å²) in [6.07, 6.45) is 2.29. The highest BCUT2D eigenvalue weighted by Crippen LogP contribution is 2.45. The number of amides is 3. The van der Waals surface area contributed by atoms with E-state index in [0.717, 1.165) is 0 Å². The lowest BCUT2D eigenvalue weighted by atomic mass is 10.1. The maximum absolute atomic E-state index is 11.7. The molecule has 106 valence electrons. The number of urea groups is 1. The first-order valence-corrected chi connectivity index (χ1v) is 6.45. The van der Waals surface area contributed by atoms with Crippen LogP contribution >= 0.6 is 0 Å². The lowest BCUT2D eigenvalue weighted by Gasteiger charge is -2.30. The zero-order valence-corrected chi connectivity index (χ0v) is 10.9. The molecule has 0 spiro atoms. The van der Waals surface area contributed by atoms with Crippen molar-refractivity contribution in [2.45, 2.75) is 31.7 Å². The lowest BCUT2D eigenvalue weighted by Crippen LogP contribution is -2.52. The first kappa shape index (κ1) is 13.6. The number of piperidine rings is 1. The number of nitrogens with one attached hydrogen (secondary N) is 2. The standard InChI is InChI=1S/C12H19N3O4/c1-15-6-8(2-3-9(15)16)14-11(19)13-7-12(4-5-12)10(17)18/h8H,2-7H2,1H3,(H,17,18)(H2,13,14,19). The van der Waals surface area contributed by atoms with Gasteiger partial charge in [-0.05, 0) is 19.3 Å². The first-order chi connectivity index (χ1) is 8.93. The van der Waals surface area contributed by atoms with Crippen molar-refractivity contribution in [3.63, 3.8) is 0 Å². The third-order valence-corrected chi connectivity index (χ3v) is 3.86. The fourth-order valence-corrected chi connectivity index (χ4v) is 2.23. The Balaban J connectivity index is 1.73. The Hall–Kier alpha value is -1.79. The zero-order valence-electron chi connectivity index (χ0n) is 10.9. The van der Waals surface area contributed by atoms with Gasteiger partial charge >= 0.3 is 12.0 Å². The van der Waals surface area contributed by atoms with E-state index in [1.807, 2.05) is 0 Å². The van der Waals surface area contributed by atoms with Crippen molar-refractivity contribution in [3.05, 3.63) is 0 Å². The van der Waals surface area contributed by atoms with Gasteiger partial charge in [-0.15, -0.1) is 0 Å². The fourth-order valence-electron chi connectivity index (χ4n) is 2.23. The van der Waals surface area contributed by atoms with Gasteiger partial charge in [-0.1, -0.05) is 0 Å². The second kappa shape index (κ2) is 5.07. The van der Waals surface area contributed by atoms with Crippen LogP contribution in [0.5, 0.6) is 0 Å². The van der Waals surface area contributed by atoms with Gasteiger partial charge in [0.1, 0.15) is 0 Å². The maximum atomic E-state index is 11.7. The molecule has 0 aromatic rings. The summed E-state index contributed by atoms with van der Waals surface area (Å²) in [4.78, 5) is 35.5. The monoisotopic (exact) mass is 269 g/mol. The molecule has 1 aliphatic heterocycles. The van der Waals surface area contributed by atoms with Crippen LogP contribution in [0.3, 0.4) is 0 Å². The minimum absolute atomic E-state index is 0.0670. The van der Waals surface area contributed by atoms with Crippen molar-refractivity contribution in [2.75, 3.05) is 20.1 Å². The van der Waals surface area contributed by atoms with Crippen molar-refractivity contribution >= 4 is 17.9 Å². The van der Waals surface area contributed by atoms with Gasteiger partial charge in [-0.3, -0.25) is 9.59 Å². The molecule has 1 saturated carbocycles. The van der Waals surface area contributed by atoms with Crippen LogP contribution in [0.2, 0.25) is 0 Å². The molecule has 19 heavy (non-hydrogen) atoms. The second-order valence-electron chi connectivity index (χ2n) is 5.42. The third-order valence-electron chi connectivity index (χ3n) is 3.86. The summed E-state index contributed by atoms with van der Waals surface area (Å²) < 4.78 is 0. The molecule has 0 aromatic heterocycles. The number of carbonyl (C=O) groups is 3. The van der Waals surface area contributed by atoms with Crippen molar-refractivity contribution in [1.82, 2.24) is 15.5 Å². The minimum Gasteiger partial charge on any atom is -0.481 e. The van der Waals surface area contributed by atoms with E-state index in [0.29, 0.717) is 32.2 Å². The lowest BCUT2D eigenvalue weighted by molar-refractivity contribution is -0.143. The second-order valence-corrected chi connectivity index (χ2v) is 5.42. The molecule has 7 nitrogen and oxygen atoms in total. The number of hydrogen-bond donors (Lipinski definition) is 3. The Morgan fingerprint density at radius 2 is 2.16 bits per heavy atom. The van der Waals surface area contributed by atoms with E-state index in [1.54, 1.807) is 11.9 Å². The molecule has 3 N–H and O–H groups in total. The van der Waals surface area contributed by atoms with Crippen LogP contribution in [0.4, 0.5) is 4.79 Å². The summed E-state index contributed by atoms with van der Waals surface area (Å²) in [6, 6.07) is -0.428. The number of likely N-dealkylation sites (N-methyl/N-ethyl adjacent to an activating group) is 1. The van der Waals surface area contributed by atoms with Crippen LogP contribution in [-0.2, 0) is 9.59 Å². The average molecular weight is 269 g/mol. The van der Waals surface area contributed by atoms with Crippen molar-refractivity contribution in [2.24, 2.45) is 5.41 Å². The third kappa shape index (κ3) is 3.15. The number of carboxylic acids is 1. The largest absolute Gasteiger partial charge is 0.481 e. The molecular weight excluding hydrogens is 250 g/mol. The normalized spacial score (nSPS) is 24.8. The maximum Gasteiger partial charge on any atom is 0.315 e. The predicted molar refractivity (Wildman–Crippen MR) is 66.5 cm³/mol. The van der Waals surface area contributed by atoms with Crippen molar-refractivity contribution < 1.29 is 19.5 Å². The molecule has 7 heteroatoms. The number of hydrogen-bond acceptors (Lipinski definition) is 3. The van der Waals surface area contributed by atoms with Crippen molar-refractivity contribution in [3.8, 4) is 0 Å². The molecule has 0 bridgehead atoms. The molecule has 1 saturated heterocycles. The smallest absolute Gasteiger partial charge is 0.315 e. The molecule has 3 amide bonds. The number of nitrogens with zero attached hydrogens (tertiary/aromatic N) is 1. The highest BCUT2D eigenvalue weighted by Gasteiger charge is 2.50.